The summed E-state index contributed by atoms with van der Waals surface area (Å²) in [6.07, 6.45) is 0. The highest BCUT2D eigenvalue weighted by Crippen LogP contribution is 2.44. The van der Waals surface area contributed by atoms with Crippen molar-refractivity contribution in [3.63, 3.8) is 0 Å². The lowest BCUT2D eigenvalue weighted by Crippen LogP contribution is -2.11. The minimum absolute atomic E-state index is 0.887. The van der Waals surface area contributed by atoms with Gasteiger partial charge in [-0.25, -0.2) is 0 Å². The first-order valence-corrected chi connectivity index (χ1v) is 21.9. The van der Waals surface area contributed by atoms with E-state index >= 15 is 0 Å². The van der Waals surface area contributed by atoms with Crippen LogP contribution in [-0.4, -0.2) is 0 Å². The number of hydrogen-bond donors (Lipinski definition) is 0. The van der Waals surface area contributed by atoms with E-state index in [1.807, 2.05) is 12.1 Å². The molecule has 0 fully saturated rings. The van der Waals surface area contributed by atoms with Crippen LogP contribution >= 0.6 is 0 Å². The van der Waals surface area contributed by atoms with Crippen LogP contribution in [0, 0.1) is 0 Å². The summed E-state index contributed by atoms with van der Waals surface area (Å²) in [7, 11) is 0. The van der Waals surface area contributed by atoms with Crippen LogP contribution in [0.4, 0.5) is 17.1 Å². The van der Waals surface area contributed by atoms with Crippen LogP contribution in [0.2, 0.25) is 0 Å². The Bertz CT molecular complexity index is 3670. The van der Waals surface area contributed by atoms with Crippen molar-refractivity contribution < 1.29 is 4.42 Å². The number of anilines is 3. The molecule has 0 aliphatic rings. The van der Waals surface area contributed by atoms with Crippen molar-refractivity contribution in [1.82, 2.24) is 0 Å². The van der Waals surface area contributed by atoms with Gasteiger partial charge in [0.1, 0.15) is 11.2 Å². The molecule has 2 heteroatoms. The van der Waals surface area contributed by atoms with E-state index in [0.717, 1.165) is 61.3 Å². The molecule has 1 aromatic heterocycles. The molecule has 1 heterocycles. The quantitative estimate of drug-likeness (QED) is 0.152. The third kappa shape index (κ3) is 6.70. The van der Waals surface area contributed by atoms with Crippen LogP contribution < -0.4 is 4.90 Å². The third-order valence-corrected chi connectivity index (χ3v) is 12.7. The van der Waals surface area contributed by atoms with Crippen molar-refractivity contribution >= 4 is 60.5 Å². The van der Waals surface area contributed by atoms with E-state index < -0.39 is 0 Å². The predicted octanol–water partition coefficient (Wildman–Crippen LogP) is 17.7. The smallest absolute Gasteiger partial charge is 0.135 e. The van der Waals surface area contributed by atoms with Gasteiger partial charge in [0.05, 0.1) is 5.69 Å². The topological polar surface area (TPSA) is 16.4 Å². The summed E-state index contributed by atoms with van der Waals surface area (Å²) in [5, 5.41) is 7.22. The molecule has 0 unspecified atom stereocenters. The van der Waals surface area contributed by atoms with Gasteiger partial charge in [0.2, 0.25) is 0 Å². The van der Waals surface area contributed by atoms with Crippen LogP contribution in [0.3, 0.4) is 0 Å². The Kier molecular flexibility index (Phi) is 9.20. The first-order valence-electron chi connectivity index (χ1n) is 21.9. The molecule has 300 valence electrons. The van der Waals surface area contributed by atoms with Crippen molar-refractivity contribution in [3.05, 3.63) is 249 Å². The van der Waals surface area contributed by atoms with Crippen molar-refractivity contribution in [2.75, 3.05) is 4.90 Å². The lowest BCUT2D eigenvalue weighted by atomic mass is 9.93. The number of nitrogens with zero attached hydrogens (tertiary/aromatic N) is 1. The molecule has 0 amide bonds. The molecule has 2 nitrogen and oxygen atoms in total. The number of benzene rings is 11. The molecule has 0 atom stereocenters. The molecule has 0 aliphatic carbocycles. The van der Waals surface area contributed by atoms with Gasteiger partial charge in [0.25, 0.3) is 0 Å². The average molecular weight is 816 g/mol. The van der Waals surface area contributed by atoms with E-state index in [9.17, 15) is 0 Å². The zero-order valence-electron chi connectivity index (χ0n) is 35.0. The zero-order valence-corrected chi connectivity index (χ0v) is 35.0. The maximum atomic E-state index is 6.26. The number of rotatable bonds is 8. The minimum Gasteiger partial charge on any atom is -0.456 e. The van der Waals surface area contributed by atoms with Crippen LogP contribution in [0.1, 0.15) is 0 Å². The summed E-state index contributed by atoms with van der Waals surface area (Å²) < 4.78 is 6.26. The van der Waals surface area contributed by atoms with Gasteiger partial charge < -0.3 is 9.32 Å². The second-order valence-corrected chi connectivity index (χ2v) is 16.5. The Morgan fingerprint density at radius 2 is 0.781 bits per heavy atom. The highest BCUT2D eigenvalue weighted by Gasteiger charge is 2.20. The van der Waals surface area contributed by atoms with E-state index in [2.05, 4.69) is 241 Å². The second-order valence-electron chi connectivity index (χ2n) is 16.5. The van der Waals surface area contributed by atoms with Gasteiger partial charge in [-0.15, -0.1) is 0 Å². The summed E-state index contributed by atoms with van der Waals surface area (Å²) in [6, 6.07) is 89.8. The van der Waals surface area contributed by atoms with Gasteiger partial charge in [-0.05, 0) is 126 Å². The van der Waals surface area contributed by atoms with Gasteiger partial charge in [0, 0.05) is 27.7 Å². The monoisotopic (exact) mass is 815 g/mol. The summed E-state index contributed by atoms with van der Waals surface area (Å²) >= 11 is 0. The van der Waals surface area contributed by atoms with Crippen LogP contribution in [0.5, 0.6) is 0 Å². The van der Waals surface area contributed by atoms with Crippen LogP contribution in [0.15, 0.2) is 253 Å². The fourth-order valence-corrected chi connectivity index (χ4v) is 9.51. The summed E-state index contributed by atoms with van der Waals surface area (Å²) in [6.45, 7) is 0. The molecule has 12 rings (SSSR count). The normalized spacial score (nSPS) is 11.4. The lowest BCUT2D eigenvalue weighted by Gasteiger charge is -2.28. The molecule has 0 saturated heterocycles. The van der Waals surface area contributed by atoms with Crippen molar-refractivity contribution in [1.29, 1.82) is 0 Å². The molecular weight excluding hydrogens is 775 g/mol. The van der Waals surface area contributed by atoms with Crippen LogP contribution in [-0.2, 0) is 0 Å². The van der Waals surface area contributed by atoms with Crippen molar-refractivity contribution in [3.8, 4) is 55.6 Å². The van der Waals surface area contributed by atoms with Gasteiger partial charge in [-0.3, -0.25) is 0 Å². The Balaban J connectivity index is 0.971. The first-order chi connectivity index (χ1) is 31.7. The van der Waals surface area contributed by atoms with E-state index in [4.69, 9.17) is 4.42 Å². The van der Waals surface area contributed by atoms with Crippen molar-refractivity contribution in [2.24, 2.45) is 0 Å². The van der Waals surface area contributed by atoms with E-state index in [-0.39, 0.29) is 0 Å². The van der Waals surface area contributed by atoms with Gasteiger partial charge in [0.15, 0.2) is 0 Å². The molecule has 64 heavy (non-hydrogen) atoms. The number of furan rings is 1. The molecule has 0 aliphatic heterocycles. The standard InChI is InChI=1S/C62H41NO/c1-2-15-47-39-49(32-29-42(47)13-1)56-21-6-5-20-55(56)48-17-11-18-52(40-48)63(60-25-9-7-22-57(60)50-35-38-62-59(41-50)58-23-8-10-26-61(58)64-62)51-36-33-44(34-37-51)43-27-30-46(31-28-43)54-24-12-16-45-14-3-4-19-53(45)54/h1-41H. The summed E-state index contributed by atoms with van der Waals surface area (Å²) in [5.74, 6) is 0. The van der Waals surface area contributed by atoms with E-state index in [1.54, 1.807) is 0 Å². The van der Waals surface area contributed by atoms with Crippen LogP contribution in [0.25, 0.3) is 99.1 Å². The second kappa shape index (κ2) is 15.8. The minimum atomic E-state index is 0.887. The zero-order chi connectivity index (χ0) is 42.4. The largest absolute Gasteiger partial charge is 0.456 e. The fourth-order valence-electron chi connectivity index (χ4n) is 9.51. The van der Waals surface area contributed by atoms with Gasteiger partial charge in [-0.1, -0.05) is 194 Å². The highest BCUT2D eigenvalue weighted by molar-refractivity contribution is 6.07. The van der Waals surface area contributed by atoms with Crippen molar-refractivity contribution in [2.45, 2.75) is 0 Å². The Morgan fingerprint density at radius 3 is 1.59 bits per heavy atom. The van der Waals surface area contributed by atoms with Gasteiger partial charge >= 0.3 is 0 Å². The lowest BCUT2D eigenvalue weighted by molar-refractivity contribution is 0.669. The Hall–Kier alpha value is -8.46. The molecule has 0 spiro atoms. The fraction of sp³-hybridized carbons (Fsp3) is 0. The van der Waals surface area contributed by atoms with E-state index in [0.29, 0.717) is 0 Å². The maximum Gasteiger partial charge on any atom is 0.135 e. The third-order valence-electron chi connectivity index (χ3n) is 12.7. The maximum absolute atomic E-state index is 6.26. The molecule has 12 aromatic rings. The number of fused-ring (bicyclic) bond motifs is 5. The SMILES string of the molecule is c1cc(-c2ccccc2-c2ccc3ccccc3c2)cc(N(c2ccc(-c3ccc(-c4cccc5ccccc45)cc3)cc2)c2ccccc2-c2ccc3oc4ccccc4c3c2)c1. The number of hydrogen-bond acceptors (Lipinski definition) is 2. The highest BCUT2D eigenvalue weighted by atomic mass is 16.3. The molecule has 0 radical (unpaired) electrons. The van der Waals surface area contributed by atoms with Gasteiger partial charge in [-0.2, -0.15) is 0 Å². The Morgan fingerprint density at radius 1 is 0.250 bits per heavy atom. The molecule has 0 bridgehead atoms. The summed E-state index contributed by atoms with van der Waals surface area (Å²) in [4.78, 5) is 2.41. The van der Waals surface area contributed by atoms with E-state index in [1.165, 1.54) is 54.9 Å². The predicted molar refractivity (Wildman–Crippen MR) is 271 cm³/mol. The average Bonchev–Trinajstić information content (AvgIpc) is 3.75. The molecule has 0 saturated carbocycles. The Labute approximate surface area is 372 Å². The molecule has 11 aromatic carbocycles. The first kappa shape index (κ1) is 37.3. The summed E-state index contributed by atoms with van der Waals surface area (Å²) in [5.41, 5.74) is 16.8. The molecular formula is C62H41NO. The molecule has 0 N–H and O–H groups in total. The number of para-hydroxylation sites is 2.